The van der Waals surface area contributed by atoms with E-state index in [1.807, 2.05) is 29.6 Å². The highest BCUT2D eigenvalue weighted by molar-refractivity contribution is 7.10. The maximum Gasteiger partial charge on any atom is 0.170 e. The number of Topliss-reactive ketones (excluding diaryl/α,β-unsaturated/α-hetero) is 1. The zero-order valence-corrected chi connectivity index (χ0v) is 10.3. The summed E-state index contributed by atoms with van der Waals surface area (Å²) in [4.78, 5) is 13.2. The van der Waals surface area contributed by atoms with Crippen LogP contribution in [0.5, 0.6) is 5.75 Å². The fourth-order valence-electron chi connectivity index (χ4n) is 2.13. The van der Waals surface area contributed by atoms with Crippen LogP contribution in [0.15, 0.2) is 35.7 Å². The fourth-order valence-corrected chi connectivity index (χ4v) is 3.09. The Bertz CT molecular complexity index is 571. The van der Waals surface area contributed by atoms with Crippen LogP contribution < -0.4 is 4.74 Å². The van der Waals surface area contributed by atoms with Gasteiger partial charge in [0.25, 0.3) is 0 Å². The van der Waals surface area contributed by atoms with Gasteiger partial charge in [0.1, 0.15) is 11.9 Å². The second-order valence-electron chi connectivity index (χ2n) is 4.20. The highest BCUT2D eigenvalue weighted by Crippen LogP contribution is 2.37. The molecule has 2 aromatic rings. The van der Waals surface area contributed by atoms with Gasteiger partial charge in [-0.25, -0.2) is 0 Å². The number of aryl methyl sites for hydroxylation is 1. The van der Waals surface area contributed by atoms with E-state index in [-0.39, 0.29) is 11.9 Å². The molecule has 0 saturated carbocycles. The number of rotatable bonds is 1. The summed E-state index contributed by atoms with van der Waals surface area (Å²) in [7, 11) is 0. The van der Waals surface area contributed by atoms with Crippen molar-refractivity contribution in [1.29, 1.82) is 0 Å². The van der Waals surface area contributed by atoms with Crippen molar-refractivity contribution in [2.45, 2.75) is 19.4 Å². The Kier molecular flexibility index (Phi) is 2.48. The Balaban J connectivity index is 1.99. The second-order valence-corrected chi connectivity index (χ2v) is 5.15. The lowest BCUT2D eigenvalue weighted by atomic mass is 9.99. The number of ether oxygens (including phenoxy) is 1. The smallest absolute Gasteiger partial charge is 0.170 e. The van der Waals surface area contributed by atoms with Crippen molar-refractivity contribution >= 4 is 17.1 Å². The van der Waals surface area contributed by atoms with E-state index in [9.17, 15) is 4.79 Å². The number of benzene rings is 1. The fraction of sp³-hybridized carbons (Fsp3) is 0.214. The first-order valence-electron chi connectivity index (χ1n) is 5.58. The lowest BCUT2D eigenvalue weighted by Crippen LogP contribution is -2.19. The van der Waals surface area contributed by atoms with Crippen LogP contribution in [0.1, 0.15) is 33.3 Å². The van der Waals surface area contributed by atoms with E-state index in [1.165, 1.54) is 5.56 Å². The van der Waals surface area contributed by atoms with Gasteiger partial charge in [-0.1, -0.05) is 12.1 Å². The molecule has 1 aliphatic rings. The molecule has 1 aromatic heterocycles. The van der Waals surface area contributed by atoms with Crippen molar-refractivity contribution in [3.05, 3.63) is 51.7 Å². The number of hydrogen-bond donors (Lipinski definition) is 0. The Morgan fingerprint density at radius 2 is 2.12 bits per heavy atom. The Labute approximate surface area is 104 Å². The minimum absolute atomic E-state index is 0.114. The molecule has 86 valence electrons. The van der Waals surface area contributed by atoms with Crippen molar-refractivity contribution in [3.63, 3.8) is 0 Å². The molecule has 1 aromatic carbocycles. The molecule has 0 radical (unpaired) electrons. The first-order chi connectivity index (χ1) is 8.25. The summed E-state index contributed by atoms with van der Waals surface area (Å²) in [5.74, 6) is 0.881. The van der Waals surface area contributed by atoms with Crippen LogP contribution in [-0.2, 0) is 0 Å². The molecular formula is C14H12O2S. The van der Waals surface area contributed by atoms with E-state index < -0.39 is 0 Å². The van der Waals surface area contributed by atoms with Gasteiger partial charge in [0, 0.05) is 4.88 Å². The number of carbonyl (C=O) groups excluding carboxylic acids is 1. The molecule has 3 rings (SSSR count). The van der Waals surface area contributed by atoms with E-state index in [4.69, 9.17) is 4.74 Å². The molecular weight excluding hydrogens is 232 g/mol. The first-order valence-corrected chi connectivity index (χ1v) is 6.46. The second kappa shape index (κ2) is 4.00. The standard InChI is InChI=1S/C14H12O2S/c1-9-6-7-17-14(9)13-8-11(15)10-4-2-3-5-12(10)16-13/h2-7,13H,8H2,1H3. The molecule has 2 nitrogen and oxygen atoms in total. The van der Waals surface area contributed by atoms with Gasteiger partial charge in [-0.05, 0) is 36.1 Å². The molecule has 1 unspecified atom stereocenters. The minimum Gasteiger partial charge on any atom is -0.484 e. The first kappa shape index (κ1) is 10.5. The topological polar surface area (TPSA) is 26.3 Å². The largest absolute Gasteiger partial charge is 0.484 e. The third-order valence-corrected chi connectivity index (χ3v) is 4.13. The van der Waals surface area contributed by atoms with Gasteiger partial charge in [0.05, 0.1) is 12.0 Å². The van der Waals surface area contributed by atoms with E-state index in [0.29, 0.717) is 17.7 Å². The number of fused-ring (bicyclic) bond motifs is 1. The van der Waals surface area contributed by atoms with Crippen LogP contribution in [0.3, 0.4) is 0 Å². The molecule has 0 N–H and O–H groups in total. The zero-order chi connectivity index (χ0) is 11.8. The maximum atomic E-state index is 12.0. The number of para-hydroxylation sites is 1. The zero-order valence-electron chi connectivity index (χ0n) is 9.47. The molecule has 1 aliphatic heterocycles. The Morgan fingerprint density at radius 1 is 1.29 bits per heavy atom. The summed E-state index contributed by atoms with van der Waals surface area (Å²) in [5.41, 5.74) is 1.91. The maximum absolute atomic E-state index is 12.0. The van der Waals surface area contributed by atoms with Crippen LogP contribution >= 0.6 is 11.3 Å². The van der Waals surface area contributed by atoms with Gasteiger partial charge >= 0.3 is 0 Å². The number of thiophene rings is 1. The van der Waals surface area contributed by atoms with Gasteiger partial charge in [-0.15, -0.1) is 11.3 Å². The minimum atomic E-state index is -0.114. The number of carbonyl (C=O) groups is 1. The predicted molar refractivity (Wildman–Crippen MR) is 67.8 cm³/mol. The predicted octanol–water partition coefficient (Wildman–Crippen LogP) is 3.76. The number of ketones is 1. The van der Waals surface area contributed by atoms with Gasteiger partial charge < -0.3 is 4.74 Å². The van der Waals surface area contributed by atoms with Crippen molar-refractivity contribution in [2.24, 2.45) is 0 Å². The molecule has 2 heterocycles. The monoisotopic (exact) mass is 244 g/mol. The summed E-state index contributed by atoms with van der Waals surface area (Å²) in [6, 6.07) is 9.53. The van der Waals surface area contributed by atoms with E-state index in [0.717, 1.165) is 4.88 Å². The van der Waals surface area contributed by atoms with E-state index in [2.05, 4.69) is 13.0 Å². The molecule has 0 aliphatic carbocycles. The summed E-state index contributed by atoms with van der Waals surface area (Å²) < 4.78 is 5.92. The molecule has 0 fully saturated rings. The highest BCUT2D eigenvalue weighted by atomic mass is 32.1. The van der Waals surface area contributed by atoms with Gasteiger partial charge in [-0.2, -0.15) is 0 Å². The normalized spacial score (nSPS) is 18.6. The van der Waals surface area contributed by atoms with Crippen LogP contribution in [0, 0.1) is 6.92 Å². The molecule has 3 heteroatoms. The van der Waals surface area contributed by atoms with Gasteiger partial charge in [0.2, 0.25) is 0 Å². The third-order valence-electron chi connectivity index (χ3n) is 3.02. The molecule has 1 atom stereocenters. The van der Waals surface area contributed by atoms with Crippen LogP contribution in [0.2, 0.25) is 0 Å². The Morgan fingerprint density at radius 3 is 2.88 bits per heavy atom. The summed E-state index contributed by atoms with van der Waals surface area (Å²) in [6.45, 7) is 2.06. The van der Waals surface area contributed by atoms with Crippen LogP contribution in [0.4, 0.5) is 0 Å². The van der Waals surface area contributed by atoms with Gasteiger partial charge in [-0.3, -0.25) is 4.79 Å². The quantitative estimate of drug-likeness (QED) is 0.763. The average Bonchev–Trinajstić information content (AvgIpc) is 2.75. The summed E-state index contributed by atoms with van der Waals surface area (Å²) in [6.07, 6.45) is 0.329. The van der Waals surface area contributed by atoms with Gasteiger partial charge in [0.15, 0.2) is 5.78 Å². The van der Waals surface area contributed by atoms with Crippen molar-refractivity contribution < 1.29 is 9.53 Å². The highest BCUT2D eigenvalue weighted by Gasteiger charge is 2.28. The summed E-state index contributed by atoms with van der Waals surface area (Å²) >= 11 is 1.66. The molecule has 0 spiro atoms. The lowest BCUT2D eigenvalue weighted by molar-refractivity contribution is 0.0854. The average molecular weight is 244 g/mol. The molecule has 17 heavy (non-hydrogen) atoms. The van der Waals surface area contributed by atoms with E-state index in [1.54, 1.807) is 11.3 Å². The van der Waals surface area contributed by atoms with Crippen molar-refractivity contribution in [2.75, 3.05) is 0 Å². The summed E-state index contributed by atoms with van der Waals surface area (Å²) in [5, 5.41) is 2.04. The molecule has 0 bridgehead atoms. The lowest BCUT2D eigenvalue weighted by Gasteiger charge is -2.24. The Hall–Kier alpha value is -1.61. The van der Waals surface area contributed by atoms with Crippen molar-refractivity contribution in [3.8, 4) is 5.75 Å². The van der Waals surface area contributed by atoms with Crippen LogP contribution in [-0.4, -0.2) is 5.78 Å². The molecule has 0 saturated heterocycles. The molecule has 0 amide bonds. The van der Waals surface area contributed by atoms with Crippen LogP contribution in [0.25, 0.3) is 0 Å². The SMILES string of the molecule is Cc1ccsc1C1CC(=O)c2ccccc2O1. The van der Waals surface area contributed by atoms with Crippen molar-refractivity contribution in [1.82, 2.24) is 0 Å². The number of hydrogen-bond acceptors (Lipinski definition) is 3. The van der Waals surface area contributed by atoms with E-state index >= 15 is 0 Å². The third kappa shape index (κ3) is 1.76.